The Hall–Kier alpha value is -2.12. The molecule has 3 rings (SSSR count). The molecule has 2 aromatic rings. The van der Waals surface area contributed by atoms with Crippen LogP contribution in [-0.2, 0) is 23.2 Å². The number of aryl methyl sites for hydroxylation is 2. The van der Waals surface area contributed by atoms with Crippen molar-refractivity contribution in [1.82, 2.24) is 20.0 Å². The van der Waals surface area contributed by atoms with E-state index in [1.165, 1.54) is 0 Å². The highest BCUT2D eigenvalue weighted by atomic mass is 16.5. The molecule has 7 nitrogen and oxygen atoms in total. The first-order valence-corrected chi connectivity index (χ1v) is 10.4. The van der Waals surface area contributed by atoms with Crippen LogP contribution in [0.1, 0.15) is 60.8 Å². The second-order valence-corrected chi connectivity index (χ2v) is 9.03. The second kappa shape index (κ2) is 8.71. The van der Waals surface area contributed by atoms with Crippen LogP contribution in [-0.4, -0.2) is 52.9 Å². The Morgan fingerprint density at radius 3 is 2.55 bits per heavy atom. The van der Waals surface area contributed by atoms with E-state index in [0.717, 1.165) is 43.3 Å². The Morgan fingerprint density at radius 2 is 1.97 bits per heavy atom. The minimum Gasteiger partial charge on any atom is -0.465 e. The molecule has 2 aromatic heterocycles. The van der Waals surface area contributed by atoms with Crippen molar-refractivity contribution in [3.05, 3.63) is 40.6 Å². The van der Waals surface area contributed by atoms with Gasteiger partial charge in [-0.1, -0.05) is 20.8 Å². The minimum absolute atomic E-state index is 0.0505. The number of aromatic nitrogens is 2. The normalized spacial score (nSPS) is 16.8. The maximum absolute atomic E-state index is 13.2. The monoisotopic (exact) mass is 402 g/mol. The molecule has 1 aliphatic heterocycles. The molecule has 0 spiro atoms. The summed E-state index contributed by atoms with van der Waals surface area (Å²) in [5.41, 5.74) is 2.46. The van der Waals surface area contributed by atoms with Crippen molar-refractivity contribution < 1.29 is 13.9 Å². The molecule has 1 fully saturated rings. The number of rotatable bonds is 6. The minimum atomic E-state index is -0.177. The summed E-state index contributed by atoms with van der Waals surface area (Å²) in [5, 5.41) is 7.54. The summed E-state index contributed by atoms with van der Waals surface area (Å²) in [6.07, 6.45) is 1.93. The lowest BCUT2D eigenvalue weighted by molar-refractivity contribution is 0.0337. The largest absolute Gasteiger partial charge is 0.465 e. The molecular formula is C22H34N4O3. The molecule has 29 heavy (non-hydrogen) atoms. The smallest absolute Gasteiger partial charge is 0.255 e. The third-order valence-corrected chi connectivity index (χ3v) is 5.19. The van der Waals surface area contributed by atoms with Crippen LogP contribution in [0.5, 0.6) is 0 Å². The van der Waals surface area contributed by atoms with Crippen LogP contribution in [0.15, 0.2) is 16.7 Å². The number of nitrogens with zero attached hydrogens (tertiary/aromatic N) is 3. The lowest BCUT2D eigenvalue weighted by atomic mass is 9.88. The molecule has 1 aliphatic rings. The number of hydrogen-bond acceptors (Lipinski definition) is 5. The highest BCUT2D eigenvalue weighted by molar-refractivity contribution is 5.97. The fourth-order valence-corrected chi connectivity index (χ4v) is 3.82. The van der Waals surface area contributed by atoms with Gasteiger partial charge in [-0.15, -0.1) is 0 Å². The fourth-order valence-electron chi connectivity index (χ4n) is 3.82. The van der Waals surface area contributed by atoms with Crippen molar-refractivity contribution in [1.29, 1.82) is 0 Å². The summed E-state index contributed by atoms with van der Waals surface area (Å²) in [6.45, 7) is 16.7. The highest BCUT2D eigenvalue weighted by Gasteiger charge is 2.31. The third-order valence-electron chi connectivity index (χ3n) is 5.19. The molecule has 3 heterocycles. The van der Waals surface area contributed by atoms with Crippen molar-refractivity contribution >= 4 is 5.91 Å². The molecule has 7 heteroatoms. The summed E-state index contributed by atoms with van der Waals surface area (Å²) < 4.78 is 13.5. The topological polar surface area (TPSA) is 72.5 Å². The molecule has 1 atom stereocenters. The molecule has 0 bridgehead atoms. The lowest BCUT2D eigenvalue weighted by Crippen LogP contribution is -2.38. The van der Waals surface area contributed by atoms with E-state index in [2.05, 4.69) is 36.1 Å². The Kier molecular flexibility index (Phi) is 6.49. The first kappa shape index (κ1) is 21.6. The Bertz CT molecular complexity index is 841. The van der Waals surface area contributed by atoms with E-state index in [9.17, 15) is 4.79 Å². The predicted molar refractivity (Wildman–Crippen MR) is 112 cm³/mol. The van der Waals surface area contributed by atoms with Crippen LogP contribution in [0.2, 0.25) is 0 Å². The van der Waals surface area contributed by atoms with Gasteiger partial charge < -0.3 is 14.5 Å². The summed E-state index contributed by atoms with van der Waals surface area (Å²) in [5.74, 6) is 1.49. The zero-order valence-corrected chi connectivity index (χ0v) is 18.5. The van der Waals surface area contributed by atoms with Crippen LogP contribution in [0.3, 0.4) is 0 Å². The maximum atomic E-state index is 13.2. The number of hydrogen-bond donors (Lipinski definition) is 1. The molecule has 1 unspecified atom stereocenters. The SMILES string of the molecule is Cc1ccn(CC(C)NC(=O)c2c(C)oc(C(C)(C)C)c2CN2CCOCC2)n1. The number of ether oxygens (including phenoxy) is 1. The van der Waals surface area contributed by atoms with Crippen molar-refractivity contribution in [2.75, 3.05) is 26.3 Å². The van der Waals surface area contributed by atoms with E-state index in [-0.39, 0.29) is 17.4 Å². The van der Waals surface area contributed by atoms with Gasteiger partial charge in [0.2, 0.25) is 0 Å². The summed E-state index contributed by atoms with van der Waals surface area (Å²) in [6, 6.07) is 1.91. The standard InChI is InChI=1S/C22H34N4O3/c1-15-7-8-26(24-15)13-16(2)23-21(27)19-17(3)29-20(22(4,5)6)18(19)14-25-9-11-28-12-10-25/h7-8,16H,9-14H2,1-6H3,(H,23,27). The molecule has 0 aliphatic carbocycles. The number of morpholine rings is 1. The van der Waals surface area contributed by atoms with E-state index in [1.807, 2.05) is 37.7 Å². The molecule has 1 N–H and O–H groups in total. The van der Waals surface area contributed by atoms with E-state index in [4.69, 9.17) is 9.15 Å². The molecule has 160 valence electrons. The van der Waals surface area contributed by atoms with Crippen LogP contribution < -0.4 is 5.32 Å². The van der Waals surface area contributed by atoms with Crippen LogP contribution in [0, 0.1) is 13.8 Å². The van der Waals surface area contributed by atoms with Crippen molar-refractivity contribution in [2.45, 2.75) is 66.1 Å². The van der Waals surface area contributed by atoms with Gasteiger partial charge >= 0.3 is 0 Å². The second-order valence-electron chi connectivity index (χ2n) is 9.03. The van der Waals surface area contributed by atoms with Gasteiger partial charge in [-0.25, -0.2) is 0 Å². The zero-order valence-electron chi connectivity index (χ0n) is 18.5. The Morgan fingerprint density at radius 1 is 1.28 bits per heavy atom. The van der Waals surface area contributed by atoms with Gasteiger partial charge in [0.05, 0.1) is 31.0 Å². The number of carbonyl (C=O) groups excluding carboxylic acids is 1. The van der Waals surface area contributed by atoms with Crippen LogP contribution in [0.4, 0.5) is 0 Å². The van der Waals surface area contributed by atoms with Crippen molar-refractivity contribution in [3.63, 3.8) is 0 Å². The fraction of sp³-hybridized carbons (Fsp3) is 0.636. The number of nitrogens with one attached hydrogen (secondary N) is 1. The quantitative estimate of drug-likeness (QED) is 0.804. The summed E-state index contributed by atoms with van der Waals surface area (Å²) >= 11 is 0. The van der Waals surface area contributed by atoms with Crippen molar-refractivity contribution in [3.8, 4) is 0 Å². The van der Waals surface area contributed by atoms with Crippen LogP contribution >= 0.6 is 0 Å². The van der Waals surface area contributed by atoms with E-state index in [0.29, 0.717) is 24.4 Å². The summed E-state index contributed by atoms with van der Waals surface area (Å²) in [4.78, 5) is 15.6. The van der Waals surface area contributed by atoms with E-state index >= 15 is 0 Å². The predicted octanol–water partition coefficient (Wildman–Crippen LogP) is 3.04. The van der Waals surface area contributed by atoms with Crippen LogP contribution in [0.25, 0.3) is 0 Å². The molecule has 0 aromatic carbocycles. The third kappa shape index (κ3) is 5.28. The lowest BCUT2D eigenvalue weighted by Gasteiger charge is -2.28. The highest BCUT2D eigenvalue weighted by Crippen LogP contribution is 2.33. The zero-order chi connectivity index (χ0) is 21.2. The van der Waals surface area contributed by atoms with Gasteiger partial charge in [-0.3, -0.25) is 14.4 Å². The first-order valence-electron chi connectivity index (χ1n) is 10.4. The molecule has 0 saturated carbocycles. The average Bonchev–Trinajstić information content (AvgIpc) is 3.18. The molecular weight excluding hydrogens is 368 g/mol. The molecule has 1 saturated heterocycles. The van der Waals surface area contributed by atoms with Gasteiger partial charge in [0.1, 0.15) is 11.5 Å². The number of furan rings is 1. The Balaban J connectivity index is 1.82. The van der Waals surface area contributed by atoms with Gasteiger partial charge in [-0.2, -0.15) is 5.10 Å². The van der Waals surface area contributed by atoms with Gasteiger partial charge in [-0.05, 0) is 26.8 Å². The van der Waals surface area contributed by atoms with Gasteiger partial charge in [0.15, 0.2) is 0 Å². The molecule has 0 radical (unpaired) electrons. The average molecular weight is 403 g/mol. The summed E-state index contributed by atoms with van der Waals surface area (Å²) in [7, 11) is 0. The van der Waals surface area contributed by atoms with E-state index in [1.54, 1.807) is 0 Å². The number of amides is 1. The Labute approximate surface area is 173 Å². The number of carbonyl (C=O) groups is 1. The van der Waals surface area contributed by atoms with Gasteiger partial charge in [0, 0.05) is 42.9 Å². The first-order chi connectivity index (χ1) is 13.6. The molecule has 1 amide bonds. The van der Waals surface area contributed by atoms with Crippen molar-refractivity contribution in [2.24, 2.45) is 0 Å². The van der Waals surface area contributed by atoms with E-state index < -0.39 is 0 Å². The maximum Gasteiger partial charge on any atom is 0.255 e. The van der Waals surface area contributed by atoms with Gasteiger partial charge in [0.25, 0.3) is 5.91 Å².